The van der Waals surface area contributed by atoms with Gasteiger partial charge in [-0.2, -0.15) is 0 Å². The molecule has 23 heavy (non-hydrogen) atoms. The molecule has 1 aromatic carbocycles. The molecule has 1 fully saturated rings. The maximum atomic E-state index is 13.1. The first-order valence-electron chi connectivity index (χ1n) is 7.26. The Balaban J connectivity index is 1.90. The fourth-order valence-corrected chi connectivity index (χ4v) is 2.70. The molecule has 124 valence electrons. The Morgan fingerprint density at radius 2 is 1.61 bits per heavy atom. The third-order valence-electron chi connectivity index (χ3n) is 3.56. The summed E-state index contributed by atoms with van der Waals surface area (Å²) in [5.41, 5.74) is 0.294. The minimum absolute atomic E-state index is 0.0692. The number of alkyl halides is 1. The predicted octanol–water partition coefficient (Wildman–Crippen LogP) is 2.43. The molecular weight excluding hydrogens is 370 g/mol. The van der Waals surface area contributed by atoms with Crippen molar-refractivity contribution in [2.75, 3.05) is 31.5 Å². The van der Waals surface area contributed by atoms with E-state index in [1.165, 1.54) is 12.2 Å². The van der Waals surface area contributed by atoms with Gasteiger partial charge in [0.05, 0.1) is 0 Å². The van der Waals surface area contributed by atoms with Gasteiger partial charge in [0, 0.05) is 50.1 Å². The summed E-state index contributed by atoms with van der Waals surface area (Å²) >= 11 is 3.23. The number of amides is 2. The molecule has 0 saturated carbocycles. The Hall–Kier alpha value is -1.76. The zero-order chi connectivity index (χ0) is 16.8. The molecule has 4 nitrogen and oxygen atoms in total. The first-order chi connectivity index (χ1) is 11.0. The zero-order valence-electron chi connectivity index (χ0n) is 12.5. The van der Waals surface area contributed by atoms with Crippen molar-refractivity contribution in [1.29, 1.82) is 0 Å². The lowest BCUT2D eigenvalue weighted by Gasteiger charge is -2.34. The molecule has 1 aliphatic rings. The maximum Gasteiger partial charge on any atom is 0.246 e. The molecule has 0 N–H and O–H groups in total. The largest absolute Gasteiger partial charge is 0.339 e. The Kier molecular flexibility index (Phi) is 6.27. The molecule has 0 bridgehead atoms. The Bertz CT molecular complexity index is 594. The monoisotopic (exact) mass is 386 g/mol. The number of carbonyl (C=O) groups excluding carboxylic acids is 2. The first kappa shape index (κ1) is 17.6. The summed E-state index contributed by atoms with van der Waals surface area (Å²) in [6.07, 6.45) is 3.13. The van der Waals surface area contributed by atoms with Crippen LogP contribution in [0.25, 0.3) is 6.08 Å². The fraction of sp³-hybridized carbons (Fsp3) is 0.375. The molecule has 1 aliphatic heterocycles. The van der Waals surface area contributed by atoms with Crippen LogP contribution in [0.2, 0.25) is 0 Å². The molecule has 2 rings (SSSR count). The van der Waals surface area contributed by atoms with E-state index in [0.717, 1.165) is 18.2 Å². The number of rotatable bonds is 4. The molecule has 1 saturated heterocycles. The number of halogens is 3. The van der Waals surface area contributed by atoms with E-state index in [-0.39, 0.29) is 11.8 Å². The predicted molar refractivity (Wildman–Crippen MR) is 87.0 cm³/mol. The van der Waals surface area contributed by atoms with Crippen LogP contribution in [0.1, 0.15) is 12.0 Å². The summed E-state index contributed by atoms with van der Waals surface area (Å²) in [7, 11) is 0. The summed E-state index contributed by atoms with van der Waals surface area (Å²) in [4.78, 5) is 27.2. The highest BCUT2D eigenvalue weighted by molar-refractivity contribution is 9.09. The van der Waals surface area contributed by atoms with E-state index in [2.05, 4.69) is 15.9 Å². The number of benzene rings is 1. The standard InChI is InChI=1S/C16H17BrF2N2O2/c17-4-3-16(23)21-7-5-20(6-8-21)15(22)2-1-12-9-13(18)11-14(19)10-12/h1-2,9-11H,3-8H2/b2-1+. The highest BCUT2D eigenvalue weighted by Gasteiger charge is 2.22. The summed E-state index contributed by atoms with van der Waals surface area (Å²) < 4.78 is 26.2. The van der Waals surface area contributed by atoms with Crippen LogP contribution in [0, 0.1) is 11.6 Å². The molecule has 2 amide bonds. The molecule has 7 heteroatoms. The van der Waals surface area contributed by atoms with Gasteiger partial charge in [-0.05, 0) is 23.8 Å². The maximum absolute atomic E-state index is 13.1. The van der Waals surface area contributed by atoms with Gasteiger partial charge in [-0.15, -0.1) is 0 Å². The molecule has 0 spiro atoms. The van der Waals surface area contributed by atoms with Gasteiger partial charge < -0.3 is 9.80 Å². The number of hydrogen-bond acceptors (Lipinski definition) is 2. The molecule has 0 atom stereocenters. The van der Waals surface area contributed by atoms with Crippen molar-refractivity contribution in [2.45, 2.75) is 6.42 Å². The van der Waals surface area contributed by atoms with Crippen molar-refractivity contribution in [2.24, 2.45) is 0 Å². The summed E-state index contributed by atoms with van der Waals surface area (Å²) in [5, 5.41) is 0.623. The molecular formula is C16H17BrF2N2O2. The SMILES string of the molecule is O=C(/C=C/c1cc(F)cc(F)c1)N1CCN(C(=O)CCBr)CC1. The molecule has 1 aromatic rings. The quantitative estimate of drug-likeness (QED) is 0.588. The van der Waals surface area contributed by atoms with Crippen LogP contribution in [-0.2, 0) is 9.59 Å². The van der Waals surface area contributed by atoms with Crippen molar-refractivity contribution < 1.29 is 18.4 Å². The smallest absolute Gasteiger partial charge is 0.246 e. The lowest BCUT2D eigenvalue weighted by Crippen LogP contribution is -2.50. The molecule has 0 aliphatic carbocycles. The van der Waals surface area contributed by atoms with Gasteiger partial charge in [0.2, 0.25) is 11.8 Å². The zero-order valence-corrected chi connectivity index (χ0v) is 14.1. The van der Waals surface area contributed by atoms with Crippen LogP contribution in [0.3, 0.4) is 0 Å². The van der Waals surface area contributed by atoms with Crippen molar-refractivity contribution in [1.82, 2.24) is 9.80 Å². The third-order valence-corrected chi connectivity index (χ3v) is 3.95. The lowest BCUT2D eigenvalue weighted by atomic mass is 10.2. The fourth-order valence-electron chi connectivity index (χ4n) is 2.36. The van der Waals surface area contributed by atoms with Gasteiger partial charge in [-0.1, -0.05) is 15.9 Å². The summed E-state index contributed by atoms with van der Waals surface area (Å²) in [6, 6.07) is 3.09. The average molecular weight is 387 g/mol. The van der Waals surface area contributed by atoms with Crippen LogP contribution in [0.5, 0.6) is 0 Å². The van der Waals surface area contributed by atoms with Gasteiger partial charge in [-0.25, -0.2) is 8.78 Å². The van der Waals surface area contributed by atoms with Crippen LogP contribution in [0.4, 0.5) is 8.78 Å². The normalized spacial score (nSPS) is 15.3. The number of piperazine rings is 1. The second-order valence-corrected chi connectivity index (χ2v) is 5.97. The molecule has 0 aromatic heterocycles. The van der Waals surface area contributed by atoms with Gasteiger partial charge in [0.15, 0.2) is 0 Å². The van der Waals surface area contributed by atoms with Crippen molar-refractivity contribution in [3.63, 3.8) is 0 Å². The van der Waals surface area contributed by atoms with Gasteiger partial charge >= 0.3 is 0 Å². The van der Waals surface area contributed by atoms with Crippen molar-refractivity contribution >= 4 is 33.8 Å². The van der Waals surface area contributed by atoms with Crippen LogP contribution < -0.4 is 0 Å². The Morgan fingerprint density at radius 3 is 2.17 bits per heavy atom. The minimum atomic E-state index is -0.684. The highest BCUT2D eigenvalue weighted by Crippen LogP contribution is 2.11. The van der Waals surface area contributed by atoms with Gasteiger partial charge in [-0.3, -0.25) is 9.59 Å². The van der Waals surface area contributed by atoms with Gasteiger partial charge in [0.25, 0.3) is 0 Å². The molecule has 0 unspecified atom stereocenters. The summed E-state index contributed by atoms with van der Waals surface area (Å²) in [5.74, 6) is -1.53. The van der Waals surface area contributed by atoms with Gasteiger partial charge in [0.1, 0.15) is 11.6 Å². The van der Waals surface area contributed by atoms with Crippen molar-refractivity contribution in [3.05, 3.63) is 41.5 Å². The van der Waals surface area contributed by atoms with E-state index in [4.69, 9.17) is 0 Å². The Morgan fingerprint density at radius 1 is 1.04 bits per heavy atom. The van der Waals surface area contributed by atoms with E-state index in [1.54, 1.807) is 9.80 Å². The minimum Gasteiger partial charge on any atom is -0.339 e. The third kappa shape index (κ3) is 5.13. The lowest BCUT2D eigenvalue weighted by molar-refractivity contribution is -0.136. The topological polar surface area (TPSA) is 40.6 Å². The highest BCUT2D eigenvalue weighted by atomic mass is 79.9. The van der Waals surface area contributed by atoms with Crippen molar-refractivity contribution in [3.8, 4) is 0 Å². The average Bonchev–Trinajstić information content (AvgIpc) is 2.52. The van der Waals surface area contributed by atoms with E-state index < -0.39 is 11.6 Å². The molecule has 1 heterocycles. The summed E-state index contributed by atoms with van der Waals surface area (Å²) in [6.45, 7) is 1.91. The second-order valence-electron chi connectivity index (χ2n) is 5.18. The molecule has 0 radical (unpaired) electrons. The van der Waals surface area contributed by atoms with Crippen LogP contribution >= 0.6 is 15.9 Å². The first-order valence-corrected chi connectivity index (χ1v) is 8.38. The number of carbonyl (C=O) groups is 2. The van der Waals surface area contributed by atoms with E-state index in [0.29, 0.717) is 43.5 Å². The van der Waals surface area contributed by atoms with E-state index in [9.17, 15) is 18.4 Å². The number of nitrogens with zero attached hydrogens (tertiary/aromatic N) is 2. The second kappa shape index (κ2) is 8.19. The van der Waals surface area contributed by atoms with Crippen LogP contribution in [0.15, 0.2) is 24.3 Å². The number of hydrogen-bond donors (Lipinski definition) is 0. The van der Waals surface area contributed by atoms with Crippen LogP contribution in [-0.4, -0.2) is 53.1 Å². The van der Waals surface area contributed by atoms with E-state index >= 15 is 0 Å². The Labute approximate surface area is 141 Å². The van der Waals surface area contributed by atoms with E-state index in [1.807, 2.05) is 0 Å².